The van der Waals surface area contributed by atoms with Crippen LogP contribution in [0.3, 0.4) is 0 Å². The van der Waals surface area contributed by atoms with Crippen LogP contribution < -0.4 is 20.3 Å². The number of ether oxygens (including phenoxy) is 2. The molecule has 2 N–H and O–H groups in total. The summed E-state index contributed by atoms with van der Waals surface area (Å²) >= 11 is 3.29. The van der Waals surface area contributed by atoms with Crippen molar-refractivity contribution in [3.63, 3.8) is 0 Å². The maximum absolute atomic E-state index is 11.9. The molecule has 0 saturated heterocycles. The molecule has 0 atom stereocenters. The Hall–Kier alpha value is -3.05. The lowest BCUT2D eigenvalue weighted by Crippen LogP contribution is -2.43. The summed E-state index contributed by atoms with van der Waals surface area (Å²) in [6, 6.07) is 13.6. The number of rotatable bonds is 6. The molecule has 2 aromatic rings. The summed E-state index contributed by atoms with van der Waals surface area (Å²) in [5.74, 6) is -0.337. The average Bonchev–Trinajstić information content (AvgIpc) is 2.66. The lowest BCUT2D eigenvalue weighted by atomic mass is 10.2. The molecule has 134 valence electrons. The summed E-state index contributed by atoms with van der Waals surface area (Å²) in [4.78, 5) is 23.8. The molecule has 0 aliphatic carbocycles. The third kappa shape index (κ3) is 5.22. The fourth-order valence-electron chi connectivity index (χ4n) is 2.00. The second-order valence-corrected chi connectivity index (χ2v) is 5.84. The quantitative estimate of drug-likeness (QED) is 0.703. The number of halogens is 1. The van der Waals surface area contributed by atoms with Crippen LogP contribution in [0.5, 0.6) is 11.5 Å². The number of nitrogens with one attached hydrogen (secondary N) is 2. The summed E-state index contributed by atoms with van der Waals surface area (Å²) in [6.07, 6.45) is 0. The van der Waals surface area contributed by atoms with Crippen molar-refractivity contribution in [2.45, 2.75) is 6.92 Å². The standard InChI is InChI=1S/C18H16BrN3O4/c1-2-25-15-9-12(10-20)8-14(19)17(15)26-11-16(23)21-22-18(24)13-6-4-3-5-7-13/h3-9H,2,11H2,1H3,(H,21,23)(H,22,24). The molecule has 0 spiro atoms. The molecule has 8 heteroatoms. The van der Waals surface area contributed by atoms with Gasteiger partial charge in [0, 0.05) is 11.6 Å². The Kier molecular flexibility index (Phi) is 7.00. The van der Waals surface area contributed by atoms with E-state index in [0.717, 1.165) is 0 Å². The first kappa shape index (κ1) is 19.3. The molecule has 2 aromatic carbocycles. The van der Waals surface area contributed by atoms with Gasteiger partial charge >= 0.3 is 0 Å². The van der Waals surface area contributed by atoms with Gasteiger partial charge in [-0.3, -0.25) is 20.4 Å². The summed E-state index contributed by atoms with van der Waals surface area (Å²) in [6.45, 7) is 1.82. The zero-order valence-corrected chi connectivity index (χ0v) is 15.5. The van der Waals surface area contributed by atoms with E-state index in [1.54, 1.807) is 43.3 Å². The molecule has 2 rings (SSSR count). The van der Waals surface area contributed by atoms with E-state index in [0.29, 0.717) is 33.7 Å². The van der Waals surface area contributed by atoms with Crippen LogP contribution >= 0.6 is 15.9 Å². The molecule has 0 heterocycles. The lowest BCUT2D eigenvalue weighted by Gasteiger charge is -2.14. The predicted octanol–water partition coefficient (Wildman–Crippen LogP) is 2.56. The highest BCUT2D eigenvalue weighted by atomic mass is 79.9. The van der Waals surface area contributed by atoms with Crippen LogP contribution in [-0.4, -0.2) is 25.0 Å². The SMILES string of the molecule is CCOc1cc(C#N)cc(Br)c1OCC(=O)NNC(=O)c1ccccc1. The first-order valence-electron chi connectivity index (χ1n) is 7.68. The van der Waals surface area contributed by atoms with Crippen LogP contribution in [0, 0.1) is 11.3 Å². The Morgan fingerprint density at radius 2 is 1.88 bits per heavy atom. The maximum Gasteiger partial charge on any atom is 0.276 e. The van der Waals surface area contributed by atoms with Gasteiger partial charge in [0.15, 0.2) is 18.1 Å². The smallest absolute Gasteiger partial charge is 0.276 e. The number of carbonyl (C=O) groups excluding carboxylic acids is 2. The van der Waals surface area contributed by atoms with Crippen LogP contribution in [0.25, 0.3) is 0 Å². The Morgan fingerprint density at radius 1 is 1.15 bits per heavy atom. The number of amides is 2. The van der Waals surface area contributed by atoms with Gasteiger partial charge in [-0.2, -0.15) is 5.26 Å². The van der Waals surface area contributed by atoms with Crippen molar-refractivity contribution >= 4 is 27.7 Å². The van der Waals surface area contributed by atoms with Gasteiger partial charge in [0.2, 0.25) is 0 Å². The molecular formula is C18H16BrN3O4. The average molecular weight is 418 g/mol. The van der Waals surface area contributed by atoms with Gasteiger partial charge in [-0.25, -0.2) is 0 Å². The molecule has 0 aliphatic heterocycles. The Bertz CT molecular complexity index is 834. The minimum absolute atomic E-state index is 0.301. The Balaban J connectivity index is 1.95. The van der Waals surface area contributed by atoms with Crippen molar-refractivity contribution in [2.75, 3.05) is 13.2 Å². The van der Waals surface area contributed by atoms with E-state index < -0.39 is 11.8 Å². The topological polar surface area (TPSA) is 100 Å². The van der Waals surface area contributed by atoms with Crippen LogP contribution in [0.2, 0.25) is 0 Å². The van der Waals surface area contributed by atoms with Gasteiger partial charge in [-0.05, 0) is 41.1 Å². The van der Waals surface area contributed by atoms with Crippen LogP contribution in [0.15, 0.2) is 46.9 Å². The van der Waals surface area contributed by atoms with Gasteiger partial charge in [-0.15, -0.1) is 0 Å². The van der Waals surface area contributed by atoms with Crippen LogP contribution in [0.1, 0.15) is 22.8 Å². The fraction of sp³-hybridized carbons (Fsp3) is 0.167. The van der Waals surface area contributed by atoms with Crippen molar-refractivity contribution in [1.29, 1.82) is 5.26 Å². The van der Waals surface area contributed by atoms with E-state index in [2.05, 4.69) is 26.8 Å². The lowest BCUT2D eigenvalue weighted by molar-refractivity contribution is -0.123. The number of nitrogens with zero attached hydrogens (tertiary/aromatic N) is 1. The second-order valence-electron chi connectivity index (χ2n) is 4.99. The van der Waals surface area contributed by atoms with Gasteiger partial charge in [-0.1, -0.05) is 18.2 Å². The first-order chi connectivity index (χ1) is 12.5. The Morgan fingerprint density at radius 3 is 2.54 bits per heavy atom. The number of nitriles is 1. The predicted molar refractivity (Wildman–Crippen MR) is 97.6 cm³/mol. The first-order valence-corrected chi connectivity index (χ1v) is 8.48. The second kappa shape index (κ2) is 9.44. The molecule has 26 heavy (non-hydrogen) atoms. The molecule has 0 radical (unpaired) electrons. The normalized spacial score (nSPS) is 9.73. The van der Waals surface area contributed by atoms with Crippen molar-refractivity contribution in [2.24, 2.45) is 0 Å². The molecule has 0 aromatic heterocycles. The number of benzene rings is 2. The van der Waals surface area contributed by atoms with Gasteiger partial charge in [0.25, 0.3) is 11.8 Å². The Labute approximate surface area is 159 Å². The minimum Gasteiger partial charge on any atom is -0.490 e. The van der Waals surface area contributed by atoms with E-state index in [9.17, 15) is 9.59 Å². The summed E-state index contributed by atoms with van der Waals surface area (Å²) < 4.78 is 11.4. The highest BCUT2D eigenvalue weighted by molar-refractivity contribution is 9.10. The van der Waals surface area contributed by atoms with Crippen molar-refractivity contribution in [1.82, 2.24) is 10.9 Å². The highest BCUT2D eigenvalue weighted by Gasteiger charge is 2.14. The molecule has 0 bridgehead atoms. The van der Waals surface area contributed by atoms with Gasteiger partial charge in [0.05, 0.1) is 22.7 Å². The molecule has 0 aliphatic rings. The number of hydrogen-bond acceptors (Lipinski definition) is 5. The molecule has 0 saturated carbocycles. The summed E-state index contributed by atoms with van der Waals surface area (Å²) in [7, 11) is 0. The summed E-state index contributed by atoms with van der Waals surface area (Å²) in [5, 5.41) is 9.01. The van der Waals surface area contributed by atoms with E-state index in [4.69, 9.17) is 14.7 Å². The molecule has 0 fully saturated rings. The number of hydrazine groups is 1. The van der Waals surface area contributed by atoms with Crippen LogP contribution in [0.4, 0.5) is 0 Å². The van der Waals surface area contributed by atoms with E-state index >= 15 is 0 Å². The molecule has 2 amide bonds. The minimum atomic E-state index is -0.548. The van der Waals surface area contributed by atoms with E-state index in [1.165, 1.54) is 6.07 Å². The number of hydrogen-bond donors (Lipinski definition) is 2. The molecular weight excluding hydrogens is 402 g/mol. The zero-order valence-electron chi connectivity index (χ0n) is 13.9. The van der Waals surface area contributed by atoms with Crippen LogP contribution in [-0.2, 0) is 4.79 Å². The third-order valence-electron chi connectivity index (χ3n) is 3.14. The molecule has 0 unspecified atom stereocenters. The van der Waals surface area contributed by atoms with Crippen molar-refractivity contribution < 1.29 is 19.1 Å². The summed E-state index contributed by atoms with van der Waals surface area (Å²) in [5.41, 5.74) is 5.39. The monoisotopic (exact) mass is 417 g/mol. The largest absolute Gasteiger partial charge is 0.490 e. The van der Waals surface area contributed by atoms with Crippen molar-refractivity contribution in [3.05, 3.63) is 58.1 Å². The van der Waals surface area contributed by atoms with Gasteiger partial charge in [0.1, 0.15) is 0 Å². The van der Waals surface area contributed by atoms with Crippen molar-refractivity contribution in [3.8, 4) is 17.6 Å². The van der Waals surface area contributed by atoms with Gasteiger partial charge < -0.3 is 9.47 Å². The fourth-order valence-corrected chi connectivity index (χ4v) is 2.55. The third-order valence-corrected chi connectivity index (χ3v) is 3.73. The van der Waals surface area contributed by atoms with E-state index in [-0.39, 0.29) is 6.61 Å². The highest BCUT2D eigenvalue weighted by Crippen LogP contribution is 2.36. The van der Waals surface area contributed by atoms with E-state index in [1.807, 2.05) is 6.07 Å². The molecule has 7 nitrogen and oxygen atoms in total. The maximum atomic E-state index is 11.9. The number of carbonyl (C=O) groups is 2. The zero-order chi connectivity index (χ0) is 18.9.